The van der Waals surface area contributed by atoms with Crippen molar-refractivity contribution in [1.29, 1.82) is 0 Å². The fourth-order valence-electron chi connectivity index (χ4n) is 1.55. The number of nitrogens with zero attached hydrogens (tertiary/aromatic N) is 1. The van der Waals surface area contributed by atoms with Gasteiger partial charge in [0.1, 0.15) is 0 Å². The van der Waals surface area contributed by atoms with Crippen molar-refractivity contribution < 1.29 is 9.53 Å². The predicted molar refractivity (Wildman–Crippen MR) is 65.6 cm³/mol. The molecule has 1 aromatic heterocycles. The highest BCUT2D eigenvalue weighted by Gasteiger charge is 2.15. The molecular weight excluding hydrogens is 222 g/mol. The first-order valence-corrected chi connectivity index (χ1v) is 6.62. The van der Waals surface area contributed by atoms with Crippen molar-refractivity contribution in [2.75, 3.05) is 6.61 Å². The van der Waals surface area contributed by atoms with E-state index in [1.165, 1.54) is 4.88 Å². The fraction of sp³-hybridized carbons (Fsp3) is 0.667. The second kappa shape index (κ2) is 6.63. The lowest BCUT2D eigenvalue weighted by atomic mass is 10.0. The minimum atomic E-state index is -0.0628. The molecule has 0 spiro atoms. The number of rotatable bonds is 6. The molecule has 0 saturated carbocycles. The van der Waals surface area contributed by atoms with Crippen molar-refractivity contribution in [3.8, 4) is 0 Å². The maximum absolute atomic E-state index is 11.6. The van der Waals surface area contributed by atoms with Gasteiger partial charge in [-0.05, 0) is 19.8 Å². The summed E-state index contributed by atoms with van der Waals surface area (Å²) in [4.78, 5) is 17.0. The Balaban J connectivity index is 2.30. The summed E-state index contributed by atoms with van der Waals surface area (Å²) in [6.45, 7) is 6.48. The molecular formula is C12H19NO2S. The number of esters is 1. The van der Waals surface area contributed by atoms with Crippen molar-refractivity contribution >= 4 is 17.3 Å². The van der Waals surface area contributed by atoms with Crippen LogP contribution >= 0.6 is 11.3 Å². The van der Waals surface area contributed by atoms with Crippen LogP contribution < -0.4 is 0 Å². The maximum Gasteiger partial charge on any atom is 0.308 e. The van der Waals surface area contributed by atoms with Gasteiger partial charge < -0.3 is 4.74 Å². The molecule has 1 heterocycles. The lowest BCUT2D eigenvalue weighted by Gasteiger charge is -2.11. The highest BCUT2D eigenvalue weighted by atomic mass is 32.1. The summed E-state index contributed by atoms with van der Waals surface area (Å²) in [6, 6.07) is 0. The van der Waals surface area contributed by atoms with Crippen LogP contribution in [-0.2, 0) is 16.0 Å². The number of thiazole rings is 1. The van der Waals surface area contributed by atoms with Crippen LogP contribution in [0.5, 0.6) is 0 Å². The number of hydrogen-bond acceptors (Lipinski definition) is 4. The van der Waals surface area contributed by atoms with E-state index >= 15 is 0 Å². The van der Waals surface area contributed by atoms with Gasteiger partial charge in [0.15, 0.2) is 0 Å². The van der Waals surface area contributed by atoms with E-state index in [1.54, 1.807) is 11.3 Å². The van der Waals surface area contributed by atoms with Crippen LogP contribution in [0.4, 0.5) is 0 Å². The summed E-state index contributed by atoms with van der Waals surface area (Å²) in [5.41, 5.74) is 2.87. The number of ether oxygens (including phenoxy) is 1. The van der Waals surface area contributed by atoms with E-state index in [2.05, 4.69) is 4.98 Å². The third-order valence-corrected chi connectivity index (χ3v) is 3.73. The van der Waals surface area contributed by atoms with E-state index in [-0.39, 0.29) is 11.9 Å². The lowest BCUT2D eigenvalue weighted by Crippen LogP contribution is -2.17. The molecule has 0 amide bonds. The molecule has 4 heteroatoms. The molecule has 0 saturated heterocycles. The largest absolute Gasteiger partial charge is 0.465 e. The molecule has 1 rings (SSSR count). The Labute approximate surface area is 101 Å². The summed E-state index contributed by atoms with van der Waals surface area (Å²) in [7, 11) is 0. The first kappa shape index (κ1) is 13.2. The third kappa shape index (κ3) is 3.59. The predicted octanol–water partition coefficient (Wildman–Crippen LogP) is 2.97. The molecule has 0 unspecified atom stereocenters. The van der Waals surface area contributed by atoms with Crippen LogP contribution in [0.15, 0.2) is 5.51 Å². The Morgan fingerprint density at radius 3 is 2.69 bits per heavy atom. The molecule has 90 valence electrons. The smallest absolute Gasteiger partial charge is 0.308 e. The first-order chi connectivity index (χ1) is 7.69. The standard InChI is InChI=1S/C12H19NO2S/c1-4-10(5-2)12(14)15-7-6-11-9(3)13-8-16-11/h8,10H,4-7H2,1-3H3. The summed E-state index contributed by atoms with van der Waals surface area (Å²) in [5, 5.41) is 0. The zero-order chi connectivity index (χ0) is 12.0. The molecule has 0 radical (unpaired) electrons. The van der Waals surface area contributed by atoms with E-state index < -0.39 is 0 Å². The fourth-order valence-corrected chi connectivity index (χ4v) is 2.31. The van der Waals surface area contributed by atoms with Gasteiger partial charge in [-0.3, -0.25) is 4.79 Å². The Kier molecular flexibility index (Phi) is 5.46. The van der Waals surface area contributed by atoms with Gasteiger partial charge in [-0.15, -0.1) is 11.3 Å². The van der Waals surface area contributed by atoms with Gasteiger partial charge in [-0.2, -0.15) is 0 Å². The van der Waals surface area contributed by atoms with E-state index in [1.807, 2.05) is 26.3 Å². The van der Waals surface area contributed by atoms with E-state index in [4.69, 9.17) is 4.74 Å². The molecule has 0 aliphatic rings. The number of carbonyl (C=O) groups excluding carboxylic acids is 1. The average molecular weight is 241 g/mol. The topological polar surface area (TPSA) is 39.2 Å². The highest BCUT2D eigenvalue weighted by molar-refractivity contribution is 7.09. The van der Waals surface area contributed by atoms with Crippen LogP contribution in [0.2, 0.25) is 0 Å². The van der Waals surface area contributed by atoms with Gasteiger partial charge in [-0.25, -0.2) is 4.98 Å². The molecule has 0 fully saturated rings. The summed E-state index contributed by atoms with van der Waals surface area (Å²) < 4.78 is 5.25. The number of carbonyl (C=O) groups is 1. The molecule has 0 atom stereocenters. The van der Waals surface area contributed by atoms with Gasteiger partial charge in [0, 0.05) is 11.3 Å². The van der Waals surface area contributed by atoms with E-state index in [0.717, 1.165) is 25.0 Å². The zero-order valence-electron chi connectivity index (χ0n) is 10.2. The van der Waals surface area contributed by atoms with Crippen LogP contribution in [0.25, 0.3) is 0 Å². The summed E-state index contributed by atoms with van der Waals surface area (Å²) in [6.07, 6.45) is 2.49. The number of hydrogen-bond donors (Lipinski definition) is 0. The van der Waals surface area contributed by atoms with Gasteiger partial charge in [0.05, 0.1) is 23.7 Å². The van der Waals surface area contributed by atoms with Crippen LogP contribution in [0.3, 0.4) is 0 Å². The SMILES string of the molecule is CCC(CC)C(=O)OCCc1scnc1C. The highest BCUT2D eigenvalue weighted by Crippen LogP contribution is 2.14. The van der Waals surface area contributed by atoms with Crippen LogP contribution in [-0.4, -0.2) is 17.6 Å². The quantitative estimate of drug-likeness (QED) is 0.719. The normalized spacial score (nSPS) is 10.8. The number of aromatic nitrogens is 1. The van der Waals surface area contributed by atoms with Crippen LogP contribution in [0, 0.1) is 12.8 Å². The molecule has 0 bridgehead atoms. The van der Waals surface area contributed by atoms with Gasteiger partial charge in [0.2, 0.25) is 0 Å². The summed E-state index contributed by atoms with van der Waals surface area (Å²) in [5.74, 6) is -0.00488. The Morgan fingerprint density at radius 1 is 1.50 bits per heavy atom. The molecule has 0 aliphatic carbocycles. The molecule has 0 aromatic carbocycles. The average Bonchev–Trinajstić information content (AvgIpc) is 2.66. The summed E-state index contributed by atoms with van der Waals surface area (Å²) >= 11 is 1.62. The van der Waals surface area contributed by atoms with Gasteiger partial charge in [-0.1, -0.05) is 13.8 Å². The van der Waals surface area contributed by atoms with Gasteiger partial charge in [0.25, 0.3) is 0 Å². The van der Waals surface area contributed by atoms with Crippen molar-refractivity contribution in [3.63, 3.8) is 0 Å². The van der Waals surface area contributed by atoms with Crippen molar-refractivity contribution in [1.82, 2.24) is 4.98 Å². The lowest BCUT2D eigenvalue weighted by molar-refractivity contribution is -0.148. The molecule has 16 heavy (non-hydrogen) atoms. The van der Waals surface area contributed by atoms with Crippen molar-refractivity contribution in [2.24, 2.45) is 5.92 Å². The minimum Gasteiger partial charge on any atom is -0.465 e. The second-order valence-corrected chi connectivity index (χ2v) is 4.73. The third-order valence-electron chi connectivity index (χ3n) is 2.74. The molecule has 0 aliphatic heterocycles. The monoisotopic (exact) mass is 241 g/mol. The Morgan fingerprint density at radius 2 is 2.19 bits per heavy atom. The van der Waals surface area contributed by atoms with E-state index in [9.17, 15) is 4.79 Å². The number of aryl methyl sites for hydroxylation is 1. The second-order valence-electron chi connectivity index (χ2n) is 3.79. The zero-order valence-corrected chi connectivity index (χ0v) is 11.0. The first-order valence-electron chi connectivity index (χ1n) is 5.74. The Bertz CT molecular complexity index is 332. The van der Waals surface area contributed by atoms with Gasteiger partial charge >= 0.3 is 5.97 Å². The van der Waals surface area contributed by atoms with E-state index in [0.29, 0.717) is 6.61 Å². The maximum atomic E-state index is 11.6. The molecule has 3 nitrogen and oxygen atoms in total. The molecule has 1 aromatic rings. The van der Waals surface area contributed by atoms with Crippen molar-refractivity contribution in [2.45, 2.75) is 40.0 Å². The minimum absolute atomic E-state index is 0.0579. The molecule has 0 N–H and O–H groups in total. The van der Waals surface area contributed by atoms with Crippen LogP contribution in [0.1, 0.15) is 37.3 Å². The van der Waals surface area contributed by atoms with Crippen molar-refractivity contribution in [3.05, 3.63) is 16.1 Å². The Hall–Kier alpha value is -0.900.